The highest BCUT2D eigenvalue weighted by molar-refractivity contribution is 7.87. The highest BCUT2D eigenvalue weighted by Gasteiger charge is 2.32. The summed E-state index contributed by atoms with van der Waals surface area (Å²) in [5.41, 5.74) is 0.892. The monoisotopic (exact) mass is 466 g/mol. The Morgan fingerprint density at radius 1 is 1.03 bits per heavy atom. The van der Waals surface area contributed by atoms with E-state index in [2.05, 4.69) is 4.98 Å². The second-order valence-corrected chi connectivity index (χ2v) is 8.76. The number of aromatic nitrogens is 2. The van der Waals surface area contributed by atoms with Gasteiger partial charge in [0.25, 0.3) is 0 Å². The van der Waals surface area contributed by atoms with Crippen molar-refractivity contribution in [3.05, 3.63) is 83.1 Å². The molecule has 0 bridgehead atoms. The van der Waals surface area contributed by atoms with E-state index >= 15 is 0 Å². The molecule has 2 heterocycles. The van der Waals surface area contributed by atoms with Gasteiger partial charge in [-0.1, -0.05) is 41.4 Å². The third-order valence-corrected chi connectivity index (χ3v) is 6.02. The van der Waals surface area contributed by atoms with Gasteiger partial charge in [0, 0.05) is 18.0 Å². The van der Waals surface area contributed by atoms with Gasteiger partial charge in [-0.2, -0.15) is 21.6 Å². The van der Waals surface area contributed by atoms with Crippen molar-refractivity contribution in [2.75, 3.05) is 0 Å². The minimum Gasteiger partial charge on any atom is -0.379 e. The van der Waals surface area contributed by atoms with Gasteiger partial charge in [0.15, 0.2) is 5.65 Å². The molecule has 0 unspecified atom stereocenters. The molecule has 0 aliphatic heterocycles. The van der Waals surface area contributed by atoms with Crippen molar-refractivity contribution in [2.45, 2.75) is 18.0 Å². The van der Waals surface area contributed by atoms with Crippen molar-refractivity contribution in [3.8, 4) is 17.0 Å². The van der Waals surface area contributed by atoms with E-state index < -0.39 is 21.9 Å². The number of pyridine rings is 1. The molecule has 0 aliphatic rings. The van der Waals surface area contributed by atoms with Gasteiger partial charge in [0.1, 0.15) is 10.6 Å². The Labute approximate surface area is 180 Å². The summed E-state index contributed by atoms with van der Waals surface area (Å²) in [6, 6.07) is 13.1. The molecule has 160 valence electrons. The number of fused-ring (bicyclic) bond motifs is 1. The Hall–Kier alpha value is -3.04. The van der Waals surface area contributed by atoms with Crippen LogP contribution < -0.4 is 4.18 Å². The van der Waals surface area contributed by atoms with Crippen LogP contribution in [0.5, 0.6) is 5.75 Å². The van der Waals surface area contributed by atoms with E-state index in [1.807, 2.05) is 6.92 Å². The third-order valence-electron chi connectivity index (χ3n) is 4.48. The SMILES string of the molecule is Cc1ccc(S(=O)(=O)Oc2cccc(-c3cn4cc(C(F)(F)F)cc(Cl)c4n3)c2)cc1. The molecule has 0 fully saturated rings. The van der Waals surface area contributed by atoms with Gasteiger partial charge in [-0.05, 0) is 37.3 Å². The molecule has 4 aromatic rings. The minimum atomic E-state index is -4.56. The van der Waals surface area contributed by atoms with E-state index in [1.165, 1.54) is 34.9 Å². The van der Waals surface area contributed by atoms with Gasteiger partial charge in [-0.15, -0.1) is 0 Å². The van der Waals surface area contributed by atoms with E-state index in [4.69, 9.17) is 15.8 Å². The van der Waals surface area contributed by atoms with Crippen molar-refractivity contribution >= 4 is 27.4 Å². The molecule has 0 atom stereocenters. The fraction of sp³-hybridized carbons (Fsp3) is 0.0952. The van der Waals surface area contributed by atoms with Crippen molar-refractivity contribution < 1.29 is 25.8 Å². The van der Waals surface area contributed by atoms with Crippen LogP contribution in [-0.4, -0.2) is 17.8 Å². The summed E-state index contributed by atoms with van der Waals surface area (Å²) in [5.74, 6) is 0.0391. The molecule has 0 aliphatic carbocycles. The second kappa shape index (κ2) is 7.58. The largest absolute Gasteiger partial charge is 0.417 e. The van der Waals surface area contributed by atoms with Crippen molar-refractivity contribution in [3.63, 3.8) is 0 Å². The summed E-state index contributed by atoms with van der Waals surface area (Å²) >= 11 is 5.98. The molecule has 0 saturated carbocycles. The standard InChI is InChI=1S/C21H14ClF3N2O3S/c1-13-5-7-17(8-6-13)31(28,29)30-16-4-2-3-14(9-16)19-12-27-11-15(21(23,24)25)10-18(22)20(27)26-19/h2-12H,1H3. The van der Waals surface area contributed by atoms with Gasteiger partial charge >= 0.3 is 16.3 Å². The number of hydrogen-bond acceptors (Lipinski definition) is 4. The lowest BCUT2D eigenvalue weighted by atomic mass is 10.1. The first kappa shape index (κ1) is 21.2. The molecular weight excluding hydrogens is 453 g/mol. The molecule has 0 saturated heterocycles. The first-order valence-electron chi connectivity index (χ1n) is 8.90. The van der Waals surface area contributed by atoms with Crippen LogP contribution in [0.1, 0.15) is 11.1 Å². The summed E-state index contributed by atoms with van der Waals surface area (Å²) < 4.78 is 70.5. The highest BCUT2D eigenvalue weighted by atomic mass is 35.5. The average Bonchev–Trinajstić information content (AvgIpc) is 3.12. The van der Waals surface area contributed by atoms with Crippen LogP contribution in [0.3, 0.4) is 0 Å². The molecule has 10 heteroatoms. The lowest BCUT2D eigenvalue weighted by Gasteiger charge is -2.08. The molecular formula is C21H14ClF3N2O3S. The van der Waals surface area contributed by atoms with Gasteiger partial charge in [0.2, 0.25) is 0 Å². The molecule has 5 nitrogen and oxygen atoms in total. The fourth-order valence-corrected chi connectivity index (χ4v) is 4.12. The Bertz CT molecular complexity index is 1380. The Balaban J connectivity index is 1.69. The second-order valence-electron chi connectivity index (χ2n) is 6.81. The maximum absolute atomic E-state index is 13.0. The van der Waals surface area contributed by atoms with Crippen LogP contribution in [0.2, 0.25) is 5.02 Å². The third kappa shape index (κ3) is 4.38. The van der Waals surface area contributed by atoms with Crippen molar-refractivity contribution in [2.24, 2.45) is 0 Å². The van der Waals surface area contributed by atoms with Crippen LogP contribution in [0.15, 0.2) is 71.9 Å². The Kier molecular flexibility index (Phi) is 5.18. The Morgan fingerprint density at radius 3 is 2.42 bits per heavy atom. The number of benzene rings is 2. The molecule has 2 aromatic carbocycles. The first-order valence-corrected chi connectivity index (χ1v) is 10.7. The fourth-order valence-electron chi connectivity index (χ4n) is 2.94. The molecule has 0 amide bonds. The van der Waals surface area contributed by atoms with E-state index in [0.717, 1.165) is 17.8 Å². The predicted molar refractivity (Wildman–Crippen MR) is 110 cm³/mol. The molecule has 2 aromatic heterocycles. The maximum atomic E-state index is 13.0. The maximum Gasteiger partial charge on any atom is 0.417 e. The highest BCUT2D eigenvalue weighted by Crippen LogP contribution is 2.33. The van der Waals surface area contributed by atoms with Gasteiger partial charge in [0.05, 0.1) is 16.3 Å². The van der Waals surface area contributed by atoms with Crippen molar-refractivity contribution in [1.82, 2.24) is 9.38 Å². The molecule has 0 spiro atoms. The Morgan fingerprint density at radius 2 is 1.74 bits per heavy atom. The number of nitrogens with zero attached hydrogens (tertiary/aromatic N) is 2. The predicted octanol–water partition coefficient (Wildman–Crippen LogP) is 5.75. The molecule has 0 N–H and O–H groups in total. The number of hydrogen-bond donors (Lipinski definition) is 0. The van der Waals surface area contributed by atoms with E-state index in [9.17, 15) is 21.6 Å². The molecule has 4 rings (SSSR count). The van der Waals surface area contributed by atoms with Gasteiger partial charge in [-0.25, -0.2) is 4.98 Å². The number of rotatable bonds is 4. The number of aryl methyl sites for hydroxylation is 1. The summed E-state index contributed by atoms with van der Waals surface area (Å²) in [6.45, 7) is 1.83. The van der Waals surface area contributed by atoms with Crippen LogP contribution in [0, 0.1) is 6.92 Å². The number of imidazole rings is 1. The zero-order chi connectivity index (χ0) is 22.4. The smallest absolute Gasteiger partial charge is 0.379 e. The van der Waals surface area contributed by atoms with Gasteiger partial charge in [-0.3, -0.25) is 0 Å². The van der Waals surface area contributed by atoms with Gasteiger partial charge < -0.3 is 8.58 Å². The number of alkyl halides is 3. The number of halogens is 4. The van der Waals surface area contributed by atoms with Crippen LogP contribution in [0.4, 0.5) is 13.2 Å². The van der Waals surface area contributed by atoms with Crippen molar-refractivity contribution in [1.29, 1.82) is 0 Å². The quantitative estimate of drug-likeness (QED) is 0.359. The van der Waals surface area contributed by atoms with Crippen LogP contribution >= 0.6 is 11.6 Å². The van der Waals surface area contributed by atoms with E-state index in [0.29, 0.717) is 11.3 Å². The topological polar surface area (TPSA) is 60.7 Å². The zero-order valence-electron chi connectivity index (χ0n) is 15.9. The summed E-state index contributed by atoms with van der Waals surface area (Å²) in [7, 11) is -4.05. The first-order chi connectivity index (χ1) is 14.5. The molecule has 0 radical (unpaired) electrons. The van der Waals surface area contributed by atoms with Crippen LogP contribution in [0.25, 0.3) is 16.9 Å². The molecule has 31 heavy (non-hydrogen) atoms. The minimum absolute atomic E-state index is 0.00250. The van der Waals surface area contributed by atoms with Crippen LogP contribution in [-0.2, 0) is 16.3 Å². The summed E-state index contributed by atoms with van der Waals surface area (Å²) in [6.07, 6.45) is -2.29. The van der Waals surface area contributed by atoms with E-state index in [-0.39, 0.29) is 21.3 Å². The zero-order valence-corrected chi connectivity index (χ0v) is 17.5. The normalized spacial score (nSPS) is 12.3. The summed E-state index contributed by atoms with van der Waals surface area (Å²) in [5, 5.41) is -0.157. The average molecular weight is 467 g/mol. The van der Waals surface area contributed by atoms with E-state index in [1.54, 1.807) is 24.3 Å². The lowest BCUT2D eigenvalue weighted by Crippen LogP contribution is -2.09. The summed E-state index contributed by atoms with van der Waals surface area (Å²) in [4.78, 5) is 4.27. The lowest BCUT2D eigenvalue weighted by molar-refractivity contribution is -0.137.